The van der Waals surface area contributed by atoms with Crippen molar-refractivity contribution in [3.05, 3.63) is 24.3 Å². The maximum atomic E-state index is 12.2. The molecule has 2 atom stereocenters. The van der Waals surface area contributed by atoms with Crippen LogP contribution in [0.4, 0.5) is 5.69 Å². The number of carbonyl (C=O) groups is 1. The van der Waals surface area contributed by atoms with Gasteiger partial charge >= 0.3 is 0 Å². The first-order chi connectivity index (χ1) is 10.1. The van der Waals surface area contributed by atoms with Crippen molar-refractivity contribution < 1.29 is 9.53 Å². The number of carbonyl (C=O) groups excluding carboxylic acids is 1. The van der Waals surface area contributed by atoms with Gasteiger partial charge in [0.25, 0.3) is 0 Å². The zero-order valence-corrected chi connectivity index (χ0v) is 13.1. The molecule has 1 aliphatic heterocycles. The van der Waals surface area contributed by atoms with Crippen LogP contribution in [0.5, 0.6) is 5.75 Å². The Kier molecular flexibility index (Phi) is 5.59. The number of para-hydroxylation sites is 2. The zero-order valence-electron chi connectivity index (χ0n) is 13.1. The van der Waals surface area contributed by atoms with Crippen molar-refractivity contribution >= 4 is 11.6 Å². The Hall–Kier alpha value is -1.59. The Morgan fingerprint density at radius 3 is 2.67 bits per heavy atom. The third-order valence-corrected chi connectivity index (χ3v) is 3.46. The van der Waals surface area contributed by atoms with Crippen LogP contribution in [0.2, 0.25) is 0 Å². The summed E-state index contributed by atoms with van der Waals surface area (Å²) in [5.41, 5.74) is 0.737. The van der Waals surface area contributed by atoms with E-state index >= 15 is 0 Å². The Morgan fingerprint density at radius 1 is 1.33 bits per heavy atom. The van der Waals surface area contributed by atoms with Crippen LogP contribution >= 0.6 is 0 Å². The Morgan fingerprint density at radius 2 is 2.00 bits per heavy atom. The molecule has 2 unspecified atom stereocenters. The van der Waals surface area contributed by atoms with E-state index in [2.05, 4.69) is 29.4 Å². The third-order valence-electron chi connectivity index (χ3n) is 3.46. The largest absolute Gasteiger partial charge is 0.492 e. The summed E-state index contributed by atoms with van der Waals surface area (Å²) in [4.78, 5) is 14.4. The van der Waals surface area contributed by atoms with Crippen molar-refractivity contribution in [2.45, 2.75) is 32.9 Å². The number of piperazine rings is 1. The summed E-state index contributed by atoms with van der Waals surface area (Å²) in [6.07, 6.45) is 0. The second-order valence-electron chi connectivity index (χ2n) is 5.64. The second-order valence-corrected chi connectivity index (χ2v) is 5.64. The minimum absolute atomic E-state index is 0.00320. The van der Waals surface area contributed by atoms with E-state index in [1.165, 1.54) is 0 Å². The Balaban J connectivity index is 1.92. The molecule has 1 heterocycles. The van der Waals surface area contributed by atoms with Gasteiger partial charge in [-0.05, 0) is 32.9 Å². The highest BCUT2D eigenvalue weighted by atomic mass is 16.5. The van der Waals surface area contributed by atoms with Gasteiger partial charge in [-0.2, -0.15) is 0 Å². The van der Waals surface area contributed by atoms with Gasteiger partial charge in [-0.3, -0.25) is 9.69 Å². The van der Waals surface area contributed by atoms with Crippen molar-refractivity contribution in [1.82, 2.24) is 10.2 Å². The highest BCUT2D eigenvalue weighted by Gasteiger charge is 2.22. The van der Waals surface area contributed by atoms with Crippen LogP contribution in [0, 0.1) is 0 Å². The van der Waals surface area contributed by atoms with E-state index in [4.69, 9.17) is 4.74 Å². The quantitative estimate of drug-likeness (QED) is 0.867. The lowest BCUT2D eigenvalue weighted by Gasteiger charge is -2.35. The van der Waals surface area contributed by atoms with Crippen molar-refractivity contribution in [2.24, 2.45) is 0 Å². The fourth-order valence-electron chi connectivity index (χ4n) is 2.81. The number of hydrogen-bond acceptors (Lipinski definition) is 4. The van der Waals surface area contributed by atoms with Crippen LogP contribution < -0.4 is 15.4 Å². The van der Waals surface area contributed by atoms with E-state index in [0.717, 1.165) is 24.5 Å². The summed E-state index contributed by atoms with van der Waals surface area (Å²) >= 11 is 0. The molecule has 1 aromatic rings. The Labute approximate surface area is 126 Å². The van der Waals surface area contributed by atoms with Crippen LogP contribution in [-0.4, -0.2) is 49.1 Å². The molecule has 0 spiro atoms. The van der Waals surface area contributed by atoms with Crippen molar-refractivity contribution in [1.29, 1.82) is 0 Å². The lowest BCUT2D eigenvalue weighted by atomic mass is 10.1. The second kappa shape index (κ2) is 7.43. The van der Waals surface area contributed by atoms with Gasteiger partial charge in [0.2, 0.25) is 5.91 Å². The summed E-state index contributed by atoms with van der Waals surface area (Å²) in [6, 6.07) is 8.36. The summed E-state index contributed by atoms with van der Waals surface area (Å²) in [7, 11) is 0. The molecule has 5 heteroatoms. The number of ether oxygens (including phenoxy) is 1. The Bertz CT molecular complexity index is 468. The number of amides is 1. The molecule has 0 bridgehead atoms. The maximum Gasteiger partial charge on any atom is 0.238 e. The van der Waals surface area contributed by atoms with E-state index < -0.39 is 0 Å². The molecule has 2 rings (SSSR count). The molecule has 0 saturated carbocycles. The average molecular weight is 291 g/mol. The molecule has 0 radical (unpaired) electrons. The van der Waals surface area contributed by atoms with Gasteiger partial charge in [0, 0.05) is 25.2 Å². The predicted octanol–water partition coefficient (Wildman–Crippen LogP) is 1.71. The molecule has 1 saturated heterocycles. The van der Waals surface area contributed by atoms with Crippen LogP contribution in [0.3, 0.4) is 0 Å². The van der Waals surface area contributed by atoms with Crippen molar-refractivity contribution in [3.8, 4) is 5.75 Å². The highest BCUT2D eigenvalue weighted by molar-refractivity contribution is 5.93. The predicted molar refractivity (Wildman–Crippen MR) is 84.7 cm³/mol. The summed E-state index contributed by atoms with van der Waals surface area (Å²) in [6.45, 7) is 9.00. The standard InChI is InChI=1S/C16H25N3O2/c1-4-21-15-8-6-5-7-14(15)18-16(20)11-19-9-12(2)17-13(3)10-19/h5-8,12-13,17H,4,9-11H2,1-3H3,(H,18,20). The van der Waals surface area contributed by atoms with Gasteiger partial charge in [0.15, 0.2) is 0 Å². The van der Waals surface area contributed by atoms with Gasteiger partial charge in [-0.15, -0.1) is 0 Å². The fourth-order valence-corrected chi connectivity index (χ4v) is 2.81. The van der Waals surface area contributed by atoms with Gasteiger partial charge in [-0.1, -0.05) is 12.1 Å². The maximum absolute atomic E-state index is 12.2. The smallest absolute Gasteiger partial charge is 0.238 e. The van der Waals surface area contributed by atoms with E-state index in [1.54, 1.807) is 0 Å². The van der Waals surface area contributed by atoms with Crippen LogP contribution in [0.25, 0.3) is 0 Å². The number of nitrogens with zero attached hydrogens (tertiary/aromatic N) is 1. The first-order valence-corrected chi connectivity index (χ1v) is 7.58. The van der Waals surface area contributed by atoms with E-state index in [9.17, 15) is 4.79 Å². The van der Waals surface area contributed by atoms with E-state index in [0.29, 0.717) is 25.2 Å². The monoisotopic (exact) mass is 291 g/mol. The molecule has 1 fully saturated rings. The molecular formula is C16H25N3O2. The van der Waals surface area contributed by atoms with E-state index in [1.807, 2.05) is 31.2 Å². The number of rotatable bonds is 5. The number of anilines is 1. The van der Waals surface area contributed by atoms with Crippen LogP contribution in [0.15, 0.2) is 24.3 Å². The van der Waals surface area contributed by atoms with Gasteiger partial charge in [0.1, 0.15) is 5.75 Å². The van der Waals surface area contributed by atoms with Crippen molar-refractivity contribution in [3.63, 3.8) is 0 Å². The number of nitrogens with one attached hydrogen (secondary N) is 2. The zero-order chi connectivity index (χ0) is 15.2. The van der Waals surface area contributed by atoms with Gasteiger partial charge < -0.3 is 15.4 Å². The summed E-state index contributed by atoms with van der Waals surface area (Å²) < 4.78 is 5.52. The summed E-state index contributed by atoms with van der Waals surface area (Å²) in [5.74, 6) is 0.721. The molecule has 21 heavy (non-hydrogen) atoms. The van der Waals surface area contributed by atoms with Crippen LogP contribution in [-0.2, 0) is 4.79 Å². The number of benzene rings is 1. The fraction of sp³-hybridized carbons (Fsp3) is 0.562. The first-order valence-electron chi connectivity index (χ1n) is 7.58. The third kappa shape index (κ3) is 4.72. The van der Waals surface area contributed by atoms with Crippen LogP contribution in [0.1, 0.15) is 20.8 Å². The molecule has 1 amide bonds. The van der Waals surface area contributed by atoms with Crippen molar-refractivity contribution in [2.75, 3.05) is 31.6 Å². The molecule has 1 aromatic carbocycles. The van der Waals surface area contributed by atoms with Gasteiger partial charge in [-0.25, -0.2) is 0 Å². The minimum atomic E-state index is 0.00320. The lowest BCUT2D eigenvalue weighted by Crippen LogP contribution is -2.55. The molecule has 0 aromatic heterocycles. The number of hydrogen-bond donors (Lipinski definition) is 2. The molecule has 0 aliphatic carbocycles. The molecule has 116 valence electrons. The average Bonchev–Trinajstić information content (AvgIpc) is 2.40. The van der Waals surface area contributed by atoms with Gasteiger partial charge in [0.05, 0.1) is 18.8 Å². The highest BCUT2D eigenvalue weighted by Crippen LogP contribution is 2.23. The molecular weight excluding hydrogens is 266 g/mol. The molecule has 1 aliphatic rings. The normalized spacial score (nSPS) is 22.8. The lowest BCUT2D eigenvalue weighted by molar-refractivity contribution is -0.117. The first kappa shape index (κ1) is 15.8. The van der Waals surface area contributed by atoms with E-state index in [-0.39, 0.29) is 5.91 Å². The SMILES string of the molecule is CCOc1ccccc1NC(=O)CN1CC(C)NC(C)C1. The summed E-state index contributed by atoms with van der Waals surface area (Å²) in [5, 5.41) is 6.41. The molecule has 5 nitrogen and oxygen atoms in total. The minimum Gasteiger partial charge on any atom is -0.492 e. The molecule has 2 N–H and O–H groups in total. The topological polar surface area (TPSA) is 53.6 Å².